The summed E-state index contributed by atoms with van der Waals surface area (Å²) in [5.74, 6) is 0.530. The summed E-state index contributed by atoms with van der Waals surface area (Å²) in [5, 5.41) is 0. The molecule has 1 aliphatic rings. The first kappa shape index (κ1) is 12.1. The normalized spacial score (nSPS) is 22.6. The fraction of sp³-hybridized carbons (Fsp3) is 0.400. The summed E-state index contributed by atoms with van der Waals surface area (Å²) in [4.78, 5) is 14.2. The Morgan fingerprint density at radius 2 is 2.00 bits per heavy atom. The highest BCUT2D eigenvalue weighted by Crippen LogP contribution is 2.28. The van der Waals surface area contributed by atoms with Crippen LogP contribution in [0.4, 0.5) is 0 Å². The number of benzene rings is 1. The van der Waals surface area contributed by atoms with E-state index in [1.165, 1.54) is 0 Å². The minimum Gasteiger partial charge on any atom is -0.309 e. The molecule has 0 saturated heterocycles. The zero-order valence-corrected chi connectivity index (χ0v) is 10.5. The van der Waals surface area contributed by atoms with E-state index in [-0.39, 0.29) is 5.92 Å². The van der Waals surface area contributed by atoms with Gasteiger partial charge in [0.2, 0.25) is 0 Å². The number of Topliss-reactive ketones (excluding diaryl/α,β-unsaturated/α-hetero) is 1. The molecular formula is C15H19NO. The number of hydrogen-bond acceptors (Lipinski definition) is 2. The van der Waals surface area contributed by atoms with Gasteiger partial charge in [-0.2, -0.15) is 0 Å². The molecule has 0 bridgehead atoms. The van der Waals surface area contributed by atoms with Crippen molar-refractivity contribution < 1.29 is 4.79 Å². The van der Waals surface area contributed by atoms with Crippen LogP contribution in [0.3, 0.4) is 0 Å². The lowest BCUT2D eigenvalue weighted by molar-refractivity contribution is -0.118. The van der Waals surface area contributed by atoms with Gasteiger partial charge in [0, 0.05) is 12.5 Å². The van der Waals surface area contributed by atoms with Gasteiger partial charge in [0.1, 0.15) is 0 Å². The van der Waals surface area contributed by atoms with Gasteiger partial charge in [0.05, 0.1) is 0 Å². The van der Waals surface area contributed by atoms with E-state index >= 15 is 0 Å². The van der Waals surface area contributed by atoms with Crippen molar-refractivity contribution in [1.29, 1.82) is 0 Å². The Kier molecular flexibility index (Phi) is 3.75. The van der Waals surface area contributed by atoms with E-state index in [0.29, 0.717) is 5.78 Å². The average molecular weight is 229 g/mol. The molecule has 0 aliphatic heterocycles. The molecule has 2 heteroatoms. The largest absolute Gasteiger partial charge is 0.309 e. The lowest BCUT2D eigenvalue weighted by atomic mass is 10.0. The first-order valence-electron chi connectivity index (χ1n) is 6.11. The van der Waals surface area contributed by atoms with Crippen LogP contribution in [0, 0.1) is 5.92 Å². The predicted octanol–water partition coefficient (Wildman–Crippen LogP) is 2.61. The molecule has 2 rings (SSSR count). The Hall–Kier alpha value is -1.41. The maximum atomic E-state index is 12.2. The highest BCUT2D eigenvalue weighted by atomic mass is 16.1. The van der Waals surface area contributed by atoms with E-state index in [1.54, 1.807) is 0 Å². The Labute approximate surface area is 103 Å². The van der Waals surface area contributed by atoms with Crippen molar-refractivity contribution in [2.24, 2.45) is 5.92 Å². The van der Waals surface area contributed by atoms with Gasteiger partial charge in [-0.25, -0.2) is 0 Å². The molecule has 1 atom stereocenters. The number of nitrogens with zero attached hydrogens (tertiary/aromatic N) is 1. The maximum Gasteiger partial charge on any atom is 0.163 e. The van der Waals surface area contributed by atoms with Crippen LogP contribution in [0.1, 0.15) is 18.4 Å². The molecule has 1 aliphatic carbocycles. The standard InChI is InChI=1S/C15H19NO/c1-16(2)11-14-9-8-13(15(14)17)10-12-6-4-3-5-7-12/h3-7,10,14H,8-9,11H2,1-2H3/b13-10+. The lowest BCUT2D eigenvalue weighted by Gasteiger charge is -2.13. The fourth-order valence-electron chi connectivity index (χ4n) is 2.35. The van der Waals surface area contributed by atoms with Crippen molar-refractivity contribution in [2.45, 2.75) is 12.8 Å². The van der Waals surface area contributed by atoms with Crippen LogP contribution in [0.5, 0.6) is 0 Å². The summed E-state index contributed by atoms with van der Waals surface area (Å²) in [7, 11) is 4.04. The summed E-state index contributed by atoms with van der Waals surface area (Å²) < 4.78 is 0. The average Bonchev–Trinajstić information content (AvgIpc) is 2.62. The quantitative estimate of drug-likeness (QED) is 0.743. The highest BCUT2D eigenvalue weighted by molar-refractivity contribution is 6.03. The monoisotopic (exact) mass is 229 g/mol. The van der Waals surface area contributed by atoms with Gasteiger partial charge in [-0.05, 0) is 44.1 Å². The molecule has 0 heterocycles. The first-order chi connectivity index (χ1) is 8.16. The van der Waals surface area contributed by atoms with Crippen LogP contribution in [-0.4, -0.2) is 31.3 Å². The number of carbonyl (C=O) groups excluding carboxylic acids is 1. The van der Waals surface area contributed by atoms with E-state index in [4.69, 9.17) is 0 Å². The maximum absolute atomic E-state index is 12.2. The van der Waals surface area contributed by atoms with E-state index in [2.05, 4.69) is 4.90 Å². The van der Waals surface area contributed by atoms with Gasteiger partial charge in [-0.3, -0.25) is 4.79 Å². The molecule has 90 valence electrons. The van der Waals surface area contributed by atoms with Crippen molar-refractivity contribution in [3.63, 3.8) is 0 Å². The Morgan fingerprint density at radius 1 is 1.29 bits per heavy atom. The molecule has 0 spiro atoms. The Morgan fingerprint density at radius 3 is 2.65 bits per heavy atom. The third-order valence-corrected chi connectivity index (χ3v) is 3.18. The predicted molar refractivity (Wildman–Crippen MR) is 70.7 cm³/mol. The number of ketones is 1. The second-order valence-corrected chi connectivity index (χ2v) is 4.94. The zero-order valence-electron chi connectivity index (χ0n) is 10.5. The first-order valence-corrected chi connectivity index (χ1v) is 6.11. The SMILES string of the molecule is CN(C)CC1CC/C(=C\c2ccccc2)C1=O. The minimum atomic E-state index is 0.194. The van der Waals surface area contributed by atoms with Crippen LogP contribution in [0.2, 0.25) is 0 Å². The topological polar surface area (TPSA) is 20.3 Å². The molecule has 1 unspecified atom stereocenters. The molecular weight excluding hydrogens is 210 g/mol. The number of hydrogen-bond donors (Lipinski definition) is 0. The second kappa shape index (κ2) is 5.28. The number of rotatable bonds is 3. The summed E-state index contributed by atoms with van der Waals surface area (Å²) in [6.07, 6.45) is 3.96. The fourth-order valence-corrected chi connectivity index (χ4v) is 2.35. The summed E-state index contributed by atoms with van der Waals surface area (Å²) in [6, 6.07) is 10.1. The molecule has 1 aromatic rings. The van der Waals surface area contributed by atoms with Crippen LogP contribution in [-0.2, 0) is 4.79 Å². The Balaban J connectivity index is 2.10. The van der Waals surface area contributed by atoms with Crippen molar-refractivity contribution in [3.05, 3.63) is 41.5 Å². The lowest BCUT2D eigenvalue weighted by Crippen LogP contribution is -2.24. The van der Waals surface area contributed by atoms with Gasteiger partial charge in [-0.1, -0.05) is 30.3 Å². The summed E-state index contributed by atoms with van der Waals surface area (Å²) in [6.45, 7) is 0.866. The van der Waals surface area contributed by atoms with Gasteiger partial charge in [0.15, 0.2) is 5.78 Å². The molecule has 0 radical (unpaired) electrons. The third-order valence-electron chi connectivity index (χ3n) is 3.18. The minimum absolute atomic E-state index is 0.194. The second-order valence-electron chi connectivity index (χ2n) is 4.94. The van der Waals surface area contributed by atoms with E-state index in [0.717, 1.165) is 30.5 Å². The van der Waals surface area contributed by atoms with Crippen molar-refractivity contribution in [1.82, 2.24) is 4.90 Å². The summed E-state index contributed by atoms with van der Waals surface area (Å²) in [5.41, 5.74) is 2.12. The molecule has 1 fully saturated rings. The summed E-state index contributed by atoms with van der Waals surface area (Å²) >= 11 is 0. The molecule has 0 aromatic heterocycles. The smallest absolute Gasteiger partial charge is 0.163 e. The van der Waals surface area contributed by atoms with Gasteiger partial charge < -0.3 is 4.90 Å². The van der Waals surface area contributed by atoms with Crippen molar-refractivity contribution in [3.8, 4) is 0 Å². The highest BCUT2D eigenvalue weighted by Gasteiger charge is 2.29. The van der Waals surface area contributed by atoms with Gasteiger partial charge in [0.25, 0.3) is 0 Å². The number of allylic oxidation sites excluding steroid dienone is 1. The van der Waals surface area contributed by atoms with E-state index in [1.807, 2.05) is 50.5 Å². The molecule has 1 aromatic carbocycles. The van der Waals surface area contributed by atoms with Gasteiger partial charge >= 0.3 is 0 Å². The molecule has 2 nitrogen and oxygen atoms in total. The van der Waals surface area contributed by atoms with Crippen molar-refractivity contribution in [2.75, 3.05) is 20.6 Å². The molecule has 0 amide bonds. The van der Waals surface area contributed by atoms with E-state index < -0.39 is 0 Å². The third kappa shape index (κ3) is 3.04. The molecule has 17 heavy (non-hydrogen) atoms. The zero-order chi connectivity index (χ0) is 12.3. The van der Waals surface area contributed by atoms with Crippen LogP contribution in [0.25, 0.3) is 6.08 Å². The van der Waals surface area contributed by atoms with Crippen LogP contribution < -0.4 is 0 Å². The van der Waals surface area contributed by atoms with Crippen LogP contribution in [0.15, 0.2) is 35.9 Å². The van der Waals surface area contributed by atoms with Crippen LogP contribution >= 0.6 is 0 Å². The molecule has 1 saturated carbocycles. The van der Waals surface area contributed by atoms with Crippen molar-refractivity contribution >= 4 is 11.9 Å². The van der Waals surface area contributed by atoms with Gasteiger partial charge in [-0.15, -0.1) is 0 Å². The molecule has 0 N–H and O–H groups in total. The Bertz CT molecular complexity index is 420. The number of carbonyl (C=O) groups is 1. The van der Waals surface area contributed by atoms with E-state index in [9.17, 15) is 4.79 Å².